The lowest BCUT2D eigenvalue weighted by Gasteiger charge is -2.05. The van der Waals surface area contributed by atoms with Gasteiger partial charge in [0.2, 0.25) is 0 Å². The van der Waals surface area contributed by atoms with Crippen LogP contribution in [0.1, 0.15) is 18.6 Å². The lowest BCUT2D eigenvalue weighted by molar-refractivity contribution is -0.122. The van der Waals surface area contributed by atoms with Crippen LogP contribution >= 0.6 is 0 Å². The van der Waals surface area contributed by atoms with Crippen LogP contribution in [0, 0.1) is 0 Å². The number of benzene rings is 1. The van der Waals surface area contributed by atoms with Crippen molar-refractivity contribution in [3.63, 3.8) is 0 Å². The molecule has 2 heteroatoms. The van der Waals surface area contributed by atoms with Crippen molar-refractivity contribution in [3.05, 3.63) is 48.0 Å². The standard InChI is InChI=1S/C11H12O2/c1-2-6-10(12)11(13)9-7-4-3-5-8-9/h2-8,11,13H,1H3. The van der Waals surface area contributed by atoms with E-state index in [2.05, 4.69) is 0 Å². The molecule has 1 unspecified atom stereocenters. The molecule has 0 spiro atoms. The fourth-order valence-electron chi connectivity index (χ4n) is 1.06. The molecule has 1 N–H and O–H groups in total. The monoisotopic (exact) mass is 176 g/mol. The lowest BCUT2D eigenvalue weighted by Crippen LogP contribution is -2.08. The second-order valence-electron chi connectivity index (χ2n) is 2.72. The Balaban J connectivity index is 2.79. The molecule has 0 bridgehead atoms. The number of carbonyl (C=O) groups excluding carboxylic acids is 1. The van der Waals surface area contributed by atoms with Crippen LogP contribution in [0.25, 0.3) is 0 Å². The lowest BCUT2D eigenvalue weighted by atomic mass is 10.1. The number of allylic oxidation sites excluding steroid dienone is 1. The van der Waals surface area contributed by atoms with Gasteiger partial charge in [0.1, 0.15) is 6.10 Å². The van der Waals surface area contributed by atoms with Gasteiger partial charge in [-0.1, -0.05) is 36.4 Å². The SMILES string of the molecule is CC=CC(=O)C(O)c1ccccc1. The molecule has 1 aromatic carbocycles. The molecule has 0 fully saturated rings. The van der Waals surface area contributed by atoms with Crippen molar-refractivity contribution in [1.82, 2.24) is 0 Å². The largest absolute Gasteiger partial charge is 0.380 e. The van der Waals surface area contributed by atoms with Crippen molar-refractivity contribution in [2.24, 2.45) is 0 Å². The van der Waals surface area contributed by atoms with Crippen LogP contribution in [-0.4, -0.2) is 10.9 Å². The summed E-state index contributed by atoms with van der Waals surface area (Å²) >= 11 is 0. The van der Waals surface area contributed by atoms with Crippen LogP contribution in [0.4, 0.5) is 0 Å². The Bertz CT molecular complexity index is 301. The minimum absolute atomic E-state index is 0.284. The topological polar surface area (TPSA) is 37.3 Å². The Labute approximate surface area is 77.5 Å². The van der Waals surface area contributed by atoms with Gasteiger partial charge in [-0.15, -0.1) is 0 Å². The third kappa shape index (κ3) is 2.53. The highest BCUT2D eigenvalue weighted by Gasteiger charge is 2.12. The van der Waals surface area contributed by atoms with Crippen molar-refractivity contribution >= 4 is 5.78 Å². The van der Waals surface area contributed by atoms with Crippen molar-refractivity contribution in [2.75, 3.05) is 0 Å². The Morgan fingerprint density at radius 3 is 2.54 bits per heavy atom. The van der Waals surface area contributed by atoms with Gasteiger partial charge in [-0.05, 0) is 18.6 Å². The molecule has 1 aromatic rings. The number of ketones is 1. The van der Waals surface area contributed by atoms with Crippen LogP contribution in [0.3, 0.4) is 0 Å². The number of carbonyl (C=O) groups is 1. The third-order valence-electron chi connectivity index (χ3n) is 1.72. The minimum Gasteiger partial charge on any atom is -0.380 e. The molecule has 0 aromatic heterocycles. The molecule has 0 saturated heterocycles. The van der Waals surface area contributed by atoms with Gasteiger partial charge in [-0.3, -0.25) is 4.79 Å². The van der Waals surface area contributed by atoms with Gasteiger partial charge in [0.05, 0.1) is 0 Å². The summed E-state index contributed by atoms with van der Waals surface area (Å²) in [6, 6.07) is 8.89. The summed E-state index contributed by atoms with van der Waals surface area (Å²) in [7, 11) is 0. The smallest absolute Gasteiger partial charge is 0.188 e. The van der Waals surface area contributed by atoms with E-state index in [9.17, 15) is 9.90 Å². The molecule has 0 heterocycles. The van der Waals surface area contributed by atoms with Crippen LogP contribution in [0.2, 0.25) is 0 Å². The first kappa shape index (κ1) is 9.68. The molecule has 0 amide bonds. The van der Waals surface area contributed by atoms with E-state index in [4.69, 9.17) is 0 Å². The zero-order valence-corrected chi connectivity index (χ0v) is 7.47. The van der Waals surface area contributed by atoms with E-state index in [1.807, 2.05) is 6.07 Å². The van der Waals surface area contributed by atoms with E-state index >= 15 is 0 Å². The molecule has 1 atom stereocenters. The molecular formula is C11H12O2. The Kier molecular flexibility index (Phi) is 3.41. The second kappa shape index (κ2) is 4.58. The highest BCUT2D eigenvalue weighted by molar-refractivity contribution is 5.93. The minimum atomic E-state index is -1.03. The zero-order chi connectivity index (χ0) is 9.68. The van der Waals surface area contributed by atoms with Crippen molar-refractivity contribution in [1.29, 1.82) is 0 Å². The van der Waals surface area contributed by atoms with Gasteiger partial charge in [0, 0.05) is 0 Å². The Hall–Kier alpha value is -1.41. The second-order valence-corrected chi connectivity index (χ2v) is 2.72. The molecule has 0 saturated carbocycles. The molecule has 0 radical (unpaired) electrons. The Morgan fingerprint density at radius 1 is 1.38 bits per heavy atom. The normalized spacial score (nSPS) is 13.1. The number of aliphatic hydroxyl groups is 1. The van der Waals surface area contributed by atoms with E-state index in [1.54, 1.807) is 37.3 Å². The van der Waals surface area contributed by atoms with Crippen LogP contribution in [-0.2, 0) is 4.79 Å². The van der Waals surface area contributed by atoms with Gasteiger partial charge in [-0.2, -0.15) is 0 Å². The van der Waals surface area contributed by atoms with Gasteiger partial charge in [0.25, 0.3) is 0 Å². The summed E-state index contributed by atoms with van der Waals surface area (Å²) < 4.78 is 0. The fraction of sp³-hybridized carbons (Fsp3) is 0.182. The van der Waals surface area contributed by atoms with Gasteiger partial charge in [0.15, 0.2) is 5.78 Å². The molecule has 2 nitrogen and oxygen atoms in total. The molecule has 0 aliphatic heterocycles. The van der Waals surface area contributed by atoms with E-state index in [1.165, 1.54) is 6.08 Å². The average Bonchev–Trinajstić information content (AvgIpc) is 2.18. The van der Waals surface area contributed by atoms with Gasteiger partial charge < -0.3 is 5.11 Å². The van der Waals surface area contributed by atoms with Crippen LogP contribution < -0.4 is 0 Å². The van der Waals surface area contributed by atoms with Crippen molar-refractivity contribution in [3.8, 4) is 0 Å². The van der Waals surface area contributed by atoms with Crippen LogP contribution in [0.15, 0.2) is 42.5 Å². The molecule has 0 aliphatic rings. The van der Waals surface area contributed by atoms with Crippen LogP contribution in [0.5, 0.6) is 0 Å². The molecule has 1 rings (SSSR count). The molecule has 68 valence electrons. The van der Waals surface area contributed by atoms with Gasteiger partial charge >= 0.3 is 0 Å². The van der Waals surface area contributed by atoms with Gasteiger partial charge in [-0.25, -0.2) is 0 Å². The molecule has 0 aliphatic carbocycles. The third-order valence-corrected chi connectivity index (χ3v) is 1.72. The maximum Gasteiger partial charge on any atom is 0.188 e. The van der Waals surface area contributed by atoms with E-state index in [-0.39, 0.29) is 5.78 Å². The molecular weight excluding hydrogens is 164 g/mol. The van der Waals surface area contributed by atoms with Crippen molar-refractivity contribution in [2.45, 2.75) is 13.0 Å². The summed E-state index contributed by atoms with van der Waals surface area (Å²) in [6.45, 7) is 1.75. The Morgan fingerprint density at radius 2 is 2.00 bits per heavy atom. The quantitative estimate of drug-likeness (QED) is 0.714. The predicted octanol–water partition coefficient (Wildman–Crippen LogP) is 1.87. The maximum absolute atomic E-state index is 11.2. The average molecular weight is 176 g/mol. The highest BCUT2D eigenvalue weighted by Crippen LogP contribution is 2.13. The first-order chi connectivity index (χ1) is 6.25. The van der Waals surface area contributed by atoms with Crippen molar-refractivity contribution < 1.29 is 9.90 Å². The number of hydrogen-bond donors (Lipinski definition) is 1. The summed E-state index contributed by atoms with van der Waals surface area (Å²) in [5.41, 5.74) is 0.630. The first-order valence-corrected chi connectivity index (χ1v) is 4.15. The number of aliphatic hydroxyl groups excluding tert-OH is 1. The molecule has 13 heavy (non-hydrogen) atoms. The van der Waals surface area contributed by atoms with E-state index in [0.717, 1.165) is 0 Å². The number of hydrogen-bond acceptors (Lipinski definition) is 2. The maximum atomic E-state index is 11.2. The van der Waals surface area contributed by atoms with E-state index < -0.39 is 6.10 Å². The summed E-state index contributed by atoms with van der Waals surface area (Å²) in [5, 5.41) is 9.52. The summed E-state index contributed by atoms with van der Waals surface area (Å²) in [5.74, 6) is -0.284. The summed E-state index contributed by atoms with van der Waals surface area (Å²) in [4.78, 5) is 11.2. The first-order valence-electron chi connectivity index (χ1n) is 4.15. The fourth-order valence-corrected chi connectivity index (χ4v) is 1.06. The number of rotatable bonds is 3. The predicted molar refractivity (Wildman–Crippen MR) is 51.2 cm³/mol. The zero-order valence-electron chi connectivity index (χ0n) is 7.47. The van der Waals surface area contributed by atoms with E-state index in [0.29, 0.717) is 5.56 Å². The summed E-state index contributed by atoms with van der Waals surface area (Å²) in [6.07, 6.45) is 1.96. The highest BCUT2D eigenvalue weighted by atomic mass is 16.3.